The van der Waals surface area contributed by atoms with Gasteiger partial charge in [-0.1, -0.05) is 0 Å². The van der Waals surface area contributed by atoms with Crippen LogP contribution in [0.1, 0.15) is 0 Å². The molecule has 0 N–H and O–H groups in total. The molecular weight excluding hydrogens is 326 g/mol. The molecule has 0 rings (SSSR count). The number of hydrogen-bond donors (Lipinski definition) is 0. The Balaban J connectivity index is -0.0000000267. The van der Waals surface area contributed by atoms with E-state index < -0.39 is 20.8 Å². The third-order valence-electron chi connectivity index (χ3n) is 0. The topological polar surface area (TPSA) is 161 Å². The molecule has 13 heavy (non-hydrogen) atoms. The standard InChI is InChI=1S/Fe.2K.2H2O4S/c;;;2*1-5(2,3)4/h;;;2*(H2,1,2,3,4)/q+2;2*+1;;/p-4. The van der Waals surface area contributed by atoms with Crippen molar-refractivity contribution in [2.45, 2.75) is 0 Å². The van der Waals surface area contributed by atoms with Crippen LogP contribution in [0.3, 0.4) is 0 Å². The summed E-state index contributed by atoms with van der Waals surface area (Å²) >= 11 is 0. The maximum Gasteiger partial charge on any atom is 2.00 e. The quantitative estimate of drug-likeness (QED) is 0.241. The minimum Gasteiger partial charge on any atom is -0.759 e. The van der Waals surface area contributed by atoms with E-state index in [1.165, 1.54) is 0 Å². The minimum atomic E-state index is -5.17. The van der Waals surface area contributed by atoms with E-state index in [0.717, 1.165) is 0 Å². The predicted molar refractivity (Wildman–Crippen MR) is 20.9 cm³/mol. The molecule has 0 saturated heterocycles. The minimum absolute atomic E-state index is 0. The van der Waals surface area contributed by atoms with Crippen molar-refractivity contribution in [3.05, 3.63) is 0 Å². The second-order valence-electron chi connectivity index (χ2n) is 0.816. The molecule has 0 unspecified atom stereocenters. The molecule has 0 heterocycles. The van der Waals surface area contributed by atoms with Crippen molar-refractivity contribution in [3.63, 3.8) is 0 Å². The molecule has 0 aromatic carbocycles. The fourth-order valence-electron chi connectivity index (χ4n) is 0. The smallest absolute Gasteiger partial charge is 0.759 e. The fraction of sp³-hybridized carbons (Fsp3) is 0. The zero-order valence-electron chi connectivity index (χ0n) is 6.44. The summed E-state index contributed by atoms with van der Waals surface area (Å²) < 4.78 is 68.2. The summed E-state index contributed by atoms with van der Waals surface area (Å²) in [5.41, 5.74) is 0. The van der Waals surface area contributed by atoms with Crippen molar-refractivity contribution >= 4 is 20.8 Å². The van der Waals surface area contributed by atoms with E-state index in [-0.39, 0.29) is 120 Å². The van der Waals surface area contributed by atoms with Gasteiger partial charge in [0.25, 0.3) is 0 Å². The summed E-state index contributed by atoms with van der Waals surface area (Å²) in [4.78, 5) is 0. The van der Waals surface area contributed by atoms with Gasteiger partial charge in [-0.05, 0) is 0 Å². The Hall–Kier alpha value is 3.53. The Kier molecular flexibility index (Phi) is 31.4. The van der Waals surface area contributed by atoms with Crippen LogP contribution >= 0.6 is 0 Å². The first-order valence-electron chi connectivity index (χ1n) is 1.33. The summed E-state index contributed by atoms with van der Waals surface area (Å²) in [7, 11) is -10.3. The first-order chi connectivity index (χ1) is 4.00. The van der Waals surface area contributed by atoms with Crippen LogP contribution in [0.25, 0.3) is 0 Å². The van der Waals surface area contributed by atoms with Crippen LogP contribution in [0.2, 0.25) is 0 Å². The summed E-state index contributed by atoms with van der Waals surface area (Å²) in [5, 5.41) is 0. The van der Waals surface area contributed by atoms with Gasteiger partial charge in [-0.25, -0.2) is 0 Å². The van der Waals surface area contributed by atoms with Crippen molar-refractivity contribution in [1.82, 2.24) is 0 Å². The van der Waals surface area contributed by atoms with Crippen LogP contribution in [-0.4, -0.2) is 35.0 Å². The van der Waals surface area contributed by atoms with Crippen molar-refractivity contribution in [2.75, 3.05) is 0 Å². The van der Waals surface area contributed by atoms with Gasteiger partial charge in [0.15, 0.2) is 0 Å². The molecule has 13 heteroatoms. The molecule has 0 aliphatic carbocycles. The molecule has 0 fully saturated rings. The van der Waals surface area contributed by atoms with Gasteiger partial charge in [0.1, 0.15) is 0 Å². The molecular formula is FeK2O8S2. The van der Waals surface area contributed by atoms with Crippen molar-refractivity contribution in [3.8, 4) is 0 Å². The molecule has 0 spiro atoms. The Bertz CT molecular complexity index is 217. The SMILES string of the molecule is O=S(=O)([O-])[O-].O=S(=O)([O-])[O-].[Fe+2].[K+].[K+]. The van der Waals surface area contributed by atoms with Crippen molar-refractivity contribution < 1.29 is 155 Å². The molecule has 0 aromatic rings. The van der Waals surface area contributed by atoms with Gasteiger partial charge >= 0.3 is 120 Å². The van der Waals surface area contributed by atoms with Gasteiger partial charge in [-0.15, -0.1) is 0 Å². The average molecular weight is 326 g/mol. The molecule has 8 nitrogen and oxygen atoms in total. The molecule has 70 valence electrons. The summed E-state index contributed by atoms with van der Waals surface area (Å²) in [6.07, 6.45) is 0. The van der Waals surface area contributed by atoms with Gasteiger partial charge in [0.2, 0.25) is 0 Å². The normalized spacial score (nSPS) is 8.92. The zero-order valence-corrected chi connectivity index (χ0v) is 15.4. The van der Waals surface area contributed by atoms with E-state index in [2.05, 4.69) is 0 Å². The Morgan fingerprint density at radius 1 is 0.615 bits per heavy atom. The van der Waals surface area contributed by atoms with Crippen LogP contribution in [0.4, 0.5) is 0 Å². The molecule has 0 radical (unpaired) electrons. The van der Waals surface area contributed by atoms with Gasteiger partial charge < -0.3 is 18.2 Å². The maximum absolute atomic E-state index is 8.52. The molecule has 0 saturated carbocycles. The summed E-state index contributed by atoms with van der Waals surface area (Å²) in [5.74, 6) is 0. The average Bonchev–Trinajstić information content (AvgIpc) is 1.12. The van der Waals surface area contributed by atoms with Gasteiger partial charge in [0, 0.05) is 20.8 Å². The molecule has 0 amide bonds. The van der Waals surface area contributed by atoms with Crippen LogP contribution in [0, 0.1) is 0 Å². The Morgan fingerprint density at radius 2 is 0.615 bits per heavy atom. The maximum atomic E-state index is 8.52. The monoisotopic (exact) mass is 326 g/mol. The fourth-order valence-corrected chi connectivity index (χ4v) is 0. The van der Waals surface area contributed by atoms with E-state index in [9.17, 15) is 0 Å². The van der Waals surface area contributed by atoms with Crippen LogP contribution < -0.4 is 103 Å². The van der Waals surface area contributed by atoms with Crippen LogP contribution in [-0.2, 0) is 37.9 Å². The third-order valence-corrected chi connectivity index (χ3v) is 0. The first-order valence-corrected chi connectivity index (χ1v) is 4.00. The first kappa shape index (κ1) is 30.0. The van der Waals surface area contributed by atoms with E-state index in [0.29, 0.717) is 0 Å². The molecule has 0 aromatic heterocycles. The van der Waals surface area contributed by atoms with Crippen molar-refractivity contribution in [1.29, 1.82) is 0 Å². The largest absolute Gasteiger partial charge is 2.00 e. The third kappa shape index (κ3) is 228. The second-order valence-corrected chi connectivity index (χ2v) is 2.45. The predicted octanol–water partition coefficient (Wildman–Crippen LogP) is -8.67. The Labute approximate surface area is 171 Å². The zero-order chi connectivity index (χ0) is 9.00. The summed E-state index contributed by atoms with van der Waals surface area (Å²) in [6.45, 7) is 0. The molecule has 0 aliphatic heterocycles. The van der Waals surface area contributed by atoms with Crippen molar-refractivity contribution in [2.24, 2.45) is 0 Å². The molecule has 0 atom stereocenters. The summed E-state index contributed by atoms with van der Waals surface area (Å²) in [6, 6.07) is 0. The Morgan fingerprint density at radius 3 is 0.615 bits per heavy atom. The van der Waals surface area contributed by atoms with E-state index in [4.69, 9.17) is 35.0 Å². The van der Waals surface area contributed by atoms with E-state index in [1.54, 1.807) is 0 Å². The second kappa shape index (κ2) is 13.6. The number of rotatable bonds is 0. The van der Waals surface area contributed by atoms with E-state index >= 15 is 0 Å². The molecule has 0 aliphatic rings. The van der Waals surface area contributed by atoms with Gasteiger partial charge in [-0.2, -0.15) is 0 Å². The number of hydrogen-bond acceptors (Lipinski definition) is 8. The van der Waals surface area contributed by atoms with Crippen LogP contribution in [0.15, 0.2) is 0 Å². The van der Waals surface area contributed by atoms with Gasteiger partial charge in [-0.3, -0.25) is 16.8 Å². The molecule has 0 bridgehead atoms. The van der Waals surface area contributed by atoms with Crippen LogP contribution in [0.5, 0.6) is 0 Å². The van der Waals surface area contributed by atoms with Gasteiger partial charge in [0.05, 0.1) is 0 Å². The van der Waals surface area contributed by atoms with E-state index in [1.807, 2.05) is 0 Å².